The minimum absolute atomic E-state index is 0.250. The van der Waals surface area contributed by atoms with Gasteiger partial charge in [0.15, 0.2) is 0 Å². The number of carbonyl (C=O) groups excluding carboxylic acids is 4. The SMILES string of the molecule is Cc1ccccc1.O=C=O.O=C=O. The van der Waals surface area contributed by atoms with Crippen LogP contribution >= 0.6 is 0 Å². The van der Waals surface area contributed by atoms with Gasteiger partial charge in [-0.05, 0) is 6.92 Å². The van der Waals surface area contributed by atoms with Crippen LogP contribution in [0.5, 0.6) is 0 Å². The van der Waals surface area contributed by atoms with Gasteiger partial charge in [-0.15, -0.1) is 0 Å². The summed E-state index contributed by atoms with van der Waals surface area (Å²) in [6.07, 6.45) is 0.500. The van der Waals surface area contributed by atoms with Gasteiger partial charge in [-0.25, -0.2) is 0 Å². The van der Waals surface area contributed by atoms with Gasteiger partial charge in [-0.2, -0.15) is 19.2 Å². The van der Waals surface area contributed by atoms with E-state index in [0.717, 1.165) is 0 Å². The van der Waals surface area contributed by atoms with Gasteiger partial charge in [0, 0.05) is 0 Å². The van der Waals surface area contributed by atoms with Gasteiger partial charge in [0.2, 0.25) is 0 Å². The summed E-state index contributed by atoms with van der Waals surface area (Å²) in [5.41, 5.74) is 1.32. The van der Waals surface area contributed by atoms with Crippen molar-refractivity contribution in [2.45, 2.75) is 6.92 Å². The predicted molar refractivity (Wildman–Crippen MR) is 41.2 cm³/mol. The van der Waals surface area contributed by atoms with E-state index in [9.17, 15) is 0 Å². The molecule has 0 N–H and O–H groups in total. The van der Waals surface area contributed by atoms with Crippen molar-refractivity contribution in [1.82, 2.24) is 0 Å². The molecule has 0 spiro atoms. The first kappa shape index (κ1) is 13.6. The van der Waals surface area contributed by atoms with Gasteiger partial charge in [-0.1, -0.05) is 35.9 Å². The first-order valence-corrected chi connectivity index (χ1v) is 3.23. The van der Waals surface area contributed by atoms with Gasteiger partial charge in [0.05, 0.1) is 0 Å². The molecule has 1 aromatic rings. The largest absolute Gasteiger partial charge is 0.373 e. The van der Waals surface area contributed by atoms with Crippen molar-refractivity contribution in [2.75, 3.05) is 0 Å². The third-order valence-corrected chi connectivity index (χ3v) is 0.940. The van der Waals surface area contributed by atoms with E-state index in [1.54, 1.807) is 0 Å². The van der Waals surface area contributed by atoms with E-state index in [0.29, 0.717) is 0 Å². The Bertz CT molecular complexity index is 255. The van der Waals surface area contributed by atoms with E-state index in [2.05, 4.69) is 19.1 Å². The smallest absolute Gasteiger partial charge is 0.186 e. The second-order valence-electron chi connectivity index (χ2n) is 1.82. The zero-order valence-electron chi connectivity index (χ0n) is 7.02. The Morgan fingerprint density at radius 1 is 0.846 bits per heavy atom. The summed E-state index contributed by atoms with van der Waals surface area (Å²) in [6.45, 7) is 2.08. The quantitative estimate of drug-likeness (QED) is 0.592. The van der Waals surface area contributed by atoms with Crippen molar-refractivity contribution in [1.29, 1.82) is 0 Å². The molecule has 0 saturated heterocycles. The van der Waals surface area contributed by atoms with Crippen LogP contribution in [0.25, 0.3) is 0 Å². The Labute approximate surface area is 75.2 Å². The summed E-state index contributed by atoms with van der Waals surface area (Å²) in [7, 11) is 0. The molecule has 0 amide bonds. The van der Waals surface area contributed by atoms with Gasteiger partial charge >= 0.3 is 12.3 Å². The molecule has 13 heavy (non-hydrogen) atoms. The van der Waals surface area contributed by atoms with E-state index in [4.69, 9.17) is 19.2 Å². The van der Waals surface area contributed by atoms with Crippen LogP contribution in [0.2, 0.25) is 0 Å². The normalized spacial score (nSPS) is 5.92. The summed E-state index contributed by atoms with van der Waals surface area (Å²) in [5, 5.41) is 0. The number of aryl methyl sites for hydroxylation is 1. The molecule has 0 heterocycles. The topological polar surface area (TPSA) is 68.3 Å². The molecule has 1 rings (SSSR count). The molecule has 0 aliphatic carbocycles. The standard InChI is InChI=1S/C7H8.2CO2/c1-7-5-3-2-4-6-7;2*2-1-3/h2-6H,1H3;;. The summed E-state index contributed by atoms with van der Waals surface area (Å²) in [4.78, 5) is 32.5. The zero-order valence-corrected chi connectivity index (χ0v) is 7.02. The Morgan fingerprint density at radius 2 is 1.15 bits per heavy atom. The van der Waals surface area contributed by atoms with Gasteiger partial charge in [0.25, 0.3) is 0 Å². The van der Waals surface area contributed by atoms with Gasteiger partial charge < -0.3 is 0 Å². The van der Waals surface area contributed by atoms with Crippen LogP contribution in [0.15, 0.2) is 30.3 Å². The summed E-state index contributed by atoms with van der Waals surface area (Å²) in [6, 6.07) is 10.3. The predicted octanol–water partition coefficient (Wildman–Crippen LogP) is 0.828. The lowest BCUT2D eigenvalue weighted by molar-refractivity contribution is -0.193. The van der Waals surface area contributed by atoms with Gasteiger partial charge in [0.1, 0.15) is 0 Å². The maximum Gasteiger partial charge on any atom is 0.373 e. The molecule has 4 nitrogen and oxygen atoms in total. The van der Waals surface area contributed by atoms with Crippen molar-refractivity contribution in [3.05, 3.63) is 35.9 Å². The summed E-state index contributed by atoms with van der Waals surface area (Å²) < 4.78 is 0. The minimum Gasteiger partial charge on any atom is -0.186 e. The highest BCUT2D eigenvalue weighted by molar-refractivity contribution is 5.20. The lowest BCUT2D eigenvalue weighted by atomic mass is 10.2. The molecule has 0 aliphatic rings. The molecule has 68 valence electrons. The fraction of sp³-hybridized carbons (Fsp3) is 0.111. The van der Waals surface area contributed by atoms with E-state index >= 15 is 0 Å². The Balaban J connectivity index is 0. The highest BCUT2D eigenvalue weighted by Gasteiger charge is 1.72. The van der Waals surface area contributed by atoms with Crippen LogP contribution in [0.1, 0.15) is 5.56 Å². The lowest BCUT2D eigenvalue weighted by Gasteiger charge is -1.82. The molecule has 0 aromatic heterocycles. The maximum absolute atomic E-state index is 8.12. The van der Waals surface area contributed by atoms with Crippen molar-refractivity contribution in [3.8, 4) is 0 Å². The molecule has 0 atom stereocenters. The molecule has 0 bridgehead atoms. The Morgan fingerprint density at radius 3 is 1.31 bits per heavy atom. The first-order valence-electron chi connectivity index (χ1n) is 3.23. The summed E-state index contributed by atoms with van der Waals surface area (Å²) in [5.74, 6) is 0. The van der Waals surface area contributed by atoms with Crippen LogP contribution in [-0.2, 0) is 19.2 Å². The average Bonchev–Trinajstić information content (AvgIpc) is 2.08. The number of benzene rings is 1. The van der Waals surface area contributed by atoms with Crippen molar-refractivity contribution in [2.24, 2.45) is 0 Å². The lowest BCUT2D eigenvalue weighted by Crippen LogP contribution is -1.62. The van der Waals surface area contributed by atoms with E-state index in [1.807, 2.05) is 18.2 Å². The van der Waals surface area contributed by atoms with Crippen LogP contribution in [0.3, 0.4) is 0 Å². The highest BCUT2D eigenvalue weighted by atomic mass is 16.2. The second kappa shape index (κ2) is 12.6. The number of hydrogen-bond acceptors (Lipinski definition) is 4. The number of hydrogen-bond donors (Lipinski definition) is 0. The molecular formula is C9H8O4. The Kier molecular flexibility index (Phi) is 13.2. The molecule has 4 heteroatoms. The van der Waals surface area contributed by atoms with Gasteiger partial charge in [-0.3, -0.25) is 0 Å². The van der Waals surface area contributed by atoms with E-state index in [-0.39, 0.29) is 12.3 Å². The fourth-order valence-electron chi connectivity index (χ4n) is 0.534. The maximum atomic E-state index is 8.12. The van der Waals surface area contributed by atoms with E-state index in [1.165, 1.54) is 5.56 Å². The Hall–Kier alpha value is -2.02. The molecule has 0 unspecified atom stereocenters. The molecular weight excluding hydrogens is 172 g/mol. The summed E-state index contributed by atoms with van der Waals surface area (Å²) >= 11 is 0. The fourth-order valence-corrected chi connectivity index (χ4v) is 0.534. The minimum atomic E-state index is 0.250. The molecule has 0 saturated carbocycles. The van der Waals surface area contributed by atoms with Crippen LogP contribution in [-0.4, -0.2) is 12.3 Å². The first-order chi connectivity index (χ1) is 6.22. The highest BCUT2D eigenvalue weighted by Crippen LogP contribution is 1.92. The molecule has 0 fully saturated rings. The number of rotatable bonds is 0. The van der Waals surface area contributed by atoms with Crippen LogP contribution in [0.4, 0.5) is 0 Å². The third kappa shape index (κ3) is 17.8. The van der Waals surface area contributed by atoms with E-state index < -0.39 is 0 Å². The zero-order chi connectivity index (χ0) is 10.5. The van der Waals surface area contributed by atoms with Crippen molar-refractivity contribution in [3.63, 3.8) is 0 Å². The molecule has 0 aliphatic heterocycles. The molecule has 0 radical (unpaired) electrons. The average molecular weight is 180 g/mol. The van der Waals surface area contributed by atoms with Crippen LogP contribution in [0, 0.1) is 6.92 Å². The monoisotopic (exact) mass is 180 g/mol. The van der Waals surface area contributed by atoms with Crippen molar-refractivity contribution >= 4 is 12.3 Å². The van der Waals surface area contributed by atoms with Crippen LogP contribution < -0.4 is 0 Å². The second-order valence-corrected chi connectivity index (χ2v) is 1.82. The molecule has 1 aromatic carbocycles. The van der Waals surface area contributed by atoms with Crippen molar-refractivity contribution < 1.29 is 19.2 Å². The third-order valence-electron chi connectivity index (χ3n) is 0.940.